The van der Waals surface area contributed by atoms with E-state index >= 15 is 0 Å². The highest BCUT2D eigenvalue weighted by molar-refractivity contribution is 6.04. The fourth-order valence-electron chi connectivity index (χ4n) is 5.54. The largest absolute Gasteiger partial charge is 0.484 e. The van der Waals surface area contributed by atoms with E-state index in [1.807, 2.05) is 60.7 Å². The minimum atomic E-state index is -0.346. The predicted molar refractivity (Wildman–Crippen MR) is 187 cm³/mol. The van der Waals surface area contributed by atoms with Crippen molar-refractivity contribution in [2.75, 3.05) is 26.7 Å². The number of nitrogens with one attached hydrogen (secondary N) is 4. The summed E-state index contributed by atoms with van der Waals surface area (Å²) in [4.78, 5) is 22.9. The van der Waals surface area contributed by atoms with Crippen LogP contribution in [0.15, 0.2) is 78.1 Å². The summed E-state index contributed by atoms with van der Waals surface area (Å²) in [6.45, 7) is 8.49. The first-order valence-corrected chi connectivity index (χ1v) is 16.5. The Labute approximate surface area is 282 Å². The Hall–Kier alpha value is -4.91. The number of piperidine rings is 1. The van der Waals surface area contributed by atoms with Crippen LogP contribution in [0, 0.1) is 16.2 Å². The third kappa shape index (κ3) is 9.80. The highest BCUT2D eigenvalue weighted by atomic mass is 16.5. The summed E-state index contributed by atoms with van der Waals surface area (Å²) in [5.74, 6) is 1.31. The fraction of sp³-hybridized carbons (Fsp3) is 0.457. The van der Waals surface area contributed by atoms with Gasteiger partial charge in [0.25, 0.3) is 0 Å². The summed E-state index contributed by atoms with van der Waals surface area (Å²) in [7, 11) is 1.62. The molecule has 2 aromatic heterocycles. The number of aromatic nitrogens is 3. The molecule has 0 saturated carbocycles. The third-order valence-electron chi connectivity index (χ3n) is 8.38. The maximum absolute atomic E-state index is 12.9. The van der Waals surface area contributed by atoms with Crippen LogP contribution in [0.2, 0.25) is 0 Å². The average molecular weight is 659 g/mol. The molecule has 1 aliphatic carbocycles. The van der Waals surface area contributed by atoms with Gasteiger partial charge in [0.15, 0.2) is 0 Å². The van der Waals surface area contributed by atoms with Gasteiger partial charge in [-0.05, 0) is 61.4 Å². The monoisotopic (exact) mass is 658 g/mol. The number of amides is 2. The molecule has 7 N–H and O–H groups in total. The maximum atomic E-state index is 12.9. The molecule has 2 aliphatic rings. The molecule has 0 radical (unpaired) electrons. The number of allylic oxidation sites excluding steroid dienone is 1. The van der Waals surface area contributed by atoms with Crippen LogP contribution in [0.3, 0.4) is 0 Å². The van der Waals surface area contributed by atoms with E-state index in [0.29, 0.717) is 42.6 Å². The molecule has 2 amide bonds. The van der Waals surface area contributed by atoms with E-state index in [-0.39, 0.29) is 35.7 Å². The molecule has 1 aromatic carbocycles. The smallest absolute Gasteiger partial charge is 0.320 e. The number of aliphatic hydroxyl groups excluding tert-OH is 1. The quantitative estimate of drug-likeness (QED) is 0.170. The number of carbonyl (C=O) groups excluding carboxylic acids is 1. The molecule has 13 heteroatoms. The van der Waals surface area contributed by atoms with Gasteiger partial charge >= 0.3 is 6.03 Å². The lowest BCUT2D eigenvalue weighted by Crippen LogP contribution is -2.43. The standard InChI is InChI=1S/C30H42N8O2.C5H8N2O/c1-30(2,3)25(31)18-27(34-4)36-29(39)35-23-13-14-24(22-11-7-6-10-21(22)23)40-20-12-15-26(32)38(19-20)28(33)37-16-8-5-9-17-37;8-4-3-7-2-1-6-5-7/h6-7,10-12,15,18-19,23-24,32-33H,5,8-9,13-14,16-17,31H2,1-4H3,(H2,34,35,36,39);1-2,5,8H,3-4H2/b25-18-,32-26?,33-28?;. The molecular weight excluding hydrogens is 608 g/mol. The number of urea groups is 1. The molecule has 1 fully saturated rings. The molecule has 3 heterocycles. The summed E-state index contributed by atoms with van der Waals surface area (Å²) in [6.07, 6.45) is 13.1. The zero-order valence-corrected chi connectivity index (χ0v) is 28.4. The molecule has 2 unspecified atom stereocenters. The van der Waals surface area contributed by atoms with Crippen LogP contribution >= 0.6 is 0 Å². The zero-order valence-electron chi connectivity index (χ0n) is 28.4. The second-order valence-corrected chi connectivity index (χ2v) is 12.9. The van der Waals surface area contributed by atoms with Gasteiger partial charge in [-0.3, -0.25) is 25.7 Å². The number of nitrogens with two attached hydrogens (primary N) is 1. The van der Waals surface area contributed by atoms with Gasteiger partial charge in [-0.1, -0.05) is 45.0 Å². The first kappa shape index (κ1) is 35.9. The van der Waals surface area contributed by atoms with Gasteiger partial charge in [-0.25, -0.2) is 9.78 Å². The van der Waals surface area contributed by atoms with Crippen molar-refractivity contribution in [2.45, 2.75) is 71.6 Å². The number of fused-ring (bicyclic) bond motifs is 1. The summed E-state index contributed by atoms with van der Waals surface area (Å²) in [5, 5.41) is 31.3. The Morgan fingerprint density at radius 2 is 1.88 bits per heavy atom. The number of imidazole rings is 1. The lowest BCUT2D eigenvalue weighted by atomic mass is 9.85. The van der Waals surface area contributed by atoms with E-state index in [9.17, 15) is 4.79 Å². The van der Waals surface area contributed by atoms with Crippen molar-refractivity contribution in [1.29, 1.82) is 10.8 Å². The molecule has 0 spiro atoms. The number of hydrogen-bond donors (Lipinski definition) is 6. The summed E-state index contributed by atoms with van der Waals surface area (Å²) >= 11 is 0. The number of aliphatic hydroxyl groups is 1. The Balaban J connectivity index is 0.000000569. The number of carbonyl (C=O) groups is 1. The third-order valence-corrected chi connectivity index (χ3v) is 8.38. The van der Waals surface area contributed by atoms with Crippen molar-refractivity contribution < 1.29 is 14.6 Å². The van der Waals surface area contributed by atoms with Crippen LogP contribution in [0.25, 0.3) is 0 Å². The molecule has 0 bridgehead atoms. The first-order chi connectivity index (χ1) is 23.0. The normalized spacial score (nSPS) is 18.2. The number of amidine groups is 1. The number of nitrogens with zero attached hydrogens (tertiary/aromatic N) is 5. The van der Waals surface area contributed by atoms with Gasteiger partial charge in [0.2, 0.25) is 5.96 Å². The number of benzene rings is 1. The van der Waals surface area contributed by atoms with Gasteiger partial charge < -0.3 is 30.4 Å². The highest BCUT2D eigenvalue weighted by Crippen LogP contribution is 2.38. The molecule has 2 atom stereocenters. The molecular formula is C35H50N10O3. The van der Waals surface area contributed by atoms with E-state index in [1.165, 1.54) is 6.42 Å². The number of likely N-dealkylation sites (tertiary alicyclic amines) is 1. The molecule has 258 valence electrons. The van der Waals surface area contributed by atoms with E-state index in [2.05, 4.69) is 20.6 Å². The van der Waals surface area contributed by atoms with Crippen molar-refractivity contribution in [2.24, 2.45) is 16.1 Å². The number of aliphatic imine (C=N–C) groups is 1. The van der Waals surface area contributed by atoms with Crippen LogP contribution in [0.1, 0.15) is 76.1 Å². The van der Waals surface area contributed by atoms with Crippen molar-refractivity contribution in [3.05, 3.63) is 89.7 Å². The van der Waals surface area contributed by atoms with Gasteiger partial charge in [-0.15, -0.1) is 0 Å². The Bertz CT molecular complexity index is 1630. The lowest BCUT2D eigenvalue weighted by Gasteiger charge is -2.33. The number of pyridine rings is 1. The van der Waals surface area contributed by atoms with Crippen LogP contribution in [-0.2, 0) is 6.54 Å². The minimum absolute atomic E-state index is 0.177. The number of rotatable bonds is 6. The molecule has 1 aliphatic heterocycles. The summed E-state index contributed by atoms with van der Waals surface area (Å²) < 4.78 is 9.84. The second kappa shape index (κ2) is 16.8. The Kier molecular flexibility index (Phi) is 12.6. The van der Waals surface area contributed by atoms with Crippen molar-refractivity contribution >= 4 is 17.8 Å². The fourth-order valence-corrected chi connectivity index (χ4v) is 5.54. The Morgan fingerprint density at radius 3 is 2.52 bits per heavy atom. The molecule has 3 aromatic rings. The number of ether oxygens (including phenoxy) is 1. The second-order valence-electron chi connectivity index (χ2n) is 12.9. The van der Waals surface area contributed by atoms with E-state index < -0.39 is 0 Å². The molecule has 13 nitrogen and oxygen atoms in total. The van der Waals surface area contributed by atoms with Gasteiger partial charge in [0.1, 0.15) is 23.2 Å². The SMILES string of the molecule is CN=C(/C=C(\N)C(C)(C)C)NC(=O)NC1CCC(Oc2ccc(=N)n(C(=N)N3CCCCC3)c2)c2ccccc21.OCCn1ccnc1. The summed E-state index contributed by atoms with van der Waals surface area (Å²) in [6, 6.07) is 10.9. The van der Waals surface area contributed by atoms with Crippen LogP contribution in [0.5, 0.6) is 5.75 Å². The topological polar surface area (TPSA) is 183 Å². The zero-order chi connectivity index (χ0) is 34.7. The lowest BCUT2D eigenvalue weighted by molar-refractivity contribution is 0.171. The molecule has 1 saturated heterocycles. The summed E-state index contributed by atoms with van der Waals surface area (Å²) in [5.41, 5.74) is 8.81. The molecule has 48 heavy (non-hydrogen) atoms. The maximum Gasteiger partial charge on any atom is 0.320 e. The Morgan fingerprint density at radius 1 is 1.15 bits per heavy atom. The van der Waals surface area contributed by atoms with Gasteiger partial charge in [0, 0.05) is 50.2 Å². The van der Waals surface area contributed by atoms with Gasteiger partial charge in [-0.2, -0.15) is 0 Å². The van der Waals surface area contributed by atoms with Crippen LogP contribution in [-0.4, -0.2) is 68.7 Å². The van der Waals surface area contributed by atoms with E-state index in [1.54, 1.807) is 48.5 Å². The number of hydrogen-bond acceptors (Lipinski definition) is 8. The van der Waals surface area contributed by atoms with Crippen LogP contribution in [0.4, 0.5) is 4.79 Å². The predicted octanol–water partition coefficient (Wildman–Crippen LogP) is 4.28. The van der Waals surface area contributed by atoms with Gasteiger partial charge in [0.05, 0.1) is 25.2 Å². The molecule has 5 rings (SSSR count). The average Bonchev–Trinajstić information content (AvgIpc) is 3.60. The van der Waals surface area contributed by atoms with Crippen molar-refractivity contribution in [1.82, 2.24) is 29.7 Å². The van der Waals surface area contributed by atoms with Crippen molar-refractivity contribution in [3.8, 4) is 5.75 Å². The highest BCUT2D eigenvalue weighted by Gasteiger charge is 2.30. The van der Waals surface area contributed by atoms with E-state index in [4.69, 9.17) is 26.4 Å². The minimum Gasteiger partial charge on any atom is -0.484 e. The van der Waals surface area contributed by atoms with E-state index in [0.717, 1.165) is 37.1 Å². The van der Waals surface area contributed by atoms with Crippen molar-refractivity contribution in [3.63, 3.8) is 0 Å². The first-order valence-electron chi connectivity index (χ1n) is 16.5. The van der Waals surface area contributed by atoms with Crippen LogP contribution < -0.4 is 26.6 Å².